The number of carbonyl (C=O) groups excluding carboxylic acids is 2. The quantitative estimate of drug-likeness (QED) is 0.173. The van der Waals surface area contributed by atoms with Crippen molar-refractivity contribution in [3.05, 3.63) is 83.4 Å². The summed E-state index contributed by atoms with van der Waals surface area (Å²) in [6.45, 7) is 12.2. The van der Waals surface area contributed by atoms with Crippen LogP contribution in [-0.2, 0) is 16.7 Å². The van der Waals surface area contributed by atoms with Crippen molar-refractivity contribution in [1.82, 2.24) is 20.4 Å². The van der Waals surface area contributed by atoms with Crippen LogP contribution in [-0.4, -0.2) is 56.9 Å². The number of carboxylic acid groups (broad SMARTS) is 1. The van der Waals surface area contributed by atoms with E-state index in [1.165, 1.54) is 12.3 Å². The summed E-state index contributed by atoms with van der Waals surface area (Å²) >= 11 is 0. The Morgan fingerprint density at radius 2 is 1.60 bits per heavy atom. The number of furan rings is 1. The van der Waals surface area contributed by atoms with Crippen LogP contribution >= 0.6 is 0 Å². The predicted octanol–water partition coefficient (Wildman–Crippen LogP) is 6.94. The third-order valence-corrected chi connectivity index (χ3v) is 6.93. The Balaban J connectivity index is 1.81. The molecule has 2 heterocycles. The summed E-state index contributed by atoms with van der Waals surface area (Å²) in [5.41, 5.74) is 0.0344. The number of nitrogens with zero attached hydrogens (tertiary/aromatic N) is 3. The van der Waals surface area contributed by atoms with E-state index in [2.05, 4.69) is 15.5 Å². The second-order valence-electron chi connectivity index (χ2n) is 12.1. The van der Waals surface area contributed by atoms with Crippen LogP contribution in [0.3, 0.4) is 0 Å². The summed E-state index contributed by atoms with van der Waals surface area (Å²) < 4.78 is 17.3. The van der Waals surface area contributed by atoms with E-state index in [4.69, 9.17) is 13.6 Å². The average Bonchev–Trinajstić information content (AvgIpc) is 3.67. The van der Waals surface area contributed by atoms with E-state index >= 15 is 0 Å². The molecule has 11 heteroatoms. The van der Waals surface area contributed by atoms with E-state index in [0.717, 1.165) is 18.4 Å². The van der Waals surface area contributed by atoms with Crippen LogP contribution in [0.4, 0.5) is 4.79 Å². The second kappa shape index (κ2) is 13.8. The molecule has 2 amide bonds. The van der Waals surface area contributed by atoms with Crippen molar-refractivity contribution in [2.24, 2.45) is 0 Å². The summed E-state index contributed by atoms with van der Waals surface area (Å²) in [7, 11) is 0. The summed E-state index contributed by atoms with van der Waals surface area (Å²) in [5.74, 6) is -1.09. The number of alkyl carbamates (subject to hydrolysis) is 1. The molecule has 238 valence electrons. The average molecular weight is 617 g/mol. The zero-order valence-electron chi connectivity index (χ0n) is 26.5. The minimum atomic E-state index is -1.17. The predicted molar refractivity (Wildman–Crippen MR) is 168 cm³/mol. The molecule has 4 aromatic rings. The van der Waals surface area contributed by atoms with Crippen molar-refractivity contribution in [2.75, 3.05) is 13.1 Å². The molecule has 0 fully saturated rings. The summed E-state index contributed by atoms with van der Waals surface area (Å²) in [5, 5.41) is 21.3. The highest BCUT2D eigenvalue weighted by atomic mass is 16.6. The Kier molecular flexibility index (Phi) is 10.1. The number of amides is 2. The van der Waals surface area contributed by atoms with Crippen molar-refractivity contribution in [3.63, 3.8) is 0 Å². The highest BCUT2D eigenvalue weighted by Gasteiger charge is 2.37. The number of carboxylic acids is 1. The number of aromatic carboxylic acids is 1. The molecule has 0 aliphatic carbocycles. The lowest BCUT2D eigenvalue weighted by molar-refractivity contribution is 0.0443. The Hall–Kier alpha value is -4.93. The largest absolute Gasteiger partial charge is 0.478 e. The van der Waals surface area contributed by atoms with Gasteiger partial charge in [-0.2, -0.15) is 0 Å². The standard InChI is InChI=1S/C34H40N4O7/c1-7-15-38(16-8-2)29(39)25-19-23(27-26(30(40)41)14-17-43-27)18-24(20-25)28-36-37-31(44-28)34(6,21-22-12-10-9-11-13-22)35-32(42)45-33(3,4)5/h9-14,17-20H,7-8,15-16,21H2,1-6H3,(H,35,42)(H,40,41)/t34-/m0/s1. The Morgan fingerprint density at radius 1 is 0.933 bits per heavy atom. The normalized spacial score (nSPS) is 12.8. The Morgan fingerprint density at radius 3 is 2.22 bits per heavy atom. The maximum absolute atomic E-state index is 13.7. The number of carbonyl (C=O) groups is 3. The zero-order chi connectivity index (χ0) is 32.8. The number of hydrogen-bond acceptors (Lipinski definition) is 8. The van der Waals surface area contributed by atoms with Crippen molar-refractivity contribution in [2.45, 2.75) is 71.9 Å². The summed E-state index contributed by atoms with van der Waals surface area (Å²) in [6.07, 6.45) is 2.50. The van der Waals surface area contributed by atoms with Gasteiger partial charge in [0, 0.05) is 36.2 Å². The van der Waals surface area contributed by atoms with E-state index < -0.39 is 23.2 Å². The smallest absolute Gasteiger partial charge is 0.408 e. The molecule has 1 atom stereocenters. The van der Waals surface area contributed by atoms with E-state index in [9.17, 15) is 19.5 Å². The fourth-order valence-electron chi connectivity index (χ4n) is 5.01. The molecular weight excluding hydrogens is 576 g/mol. The van der Waals surface area contributed by atoms with Gasteiger partial charge in [-0.15, -0.1) is 10.2 Å². The van der Waals surface area contributed by atoms with Crippen molar-refractivity contribution in [3.8, 4) is 22.8 Å². The third kappa shape index (κ3) is 8.17. The summed E-state index contributed by atoms with van der Waals surface area (Å²) in [4.78, 5) is 40.3. The van der Waals surface area contributed by atoms with E-state index in [-0.39, 0.29) is 29.0 Å². The third-order valence-electron chi connectivity index (χ3n) is 6.93. The highest BCUT2D eigenvalue weighted by molar-refractivity contribution is 5.99. The maximum atomic E-state index is 13.7. The van der Waals surface area contributed by atoms with Crippen molar-refractivity contribution >= 4 is 18.0 Å². The molecule has 0 bridgehead atoms. The fourth-order valence-corrected chi connectivity index (χ4v) is 5.01. The summed E-state index contributed by atoms with van der Waals surface area (Å²) in [6, 6.07) is 15.8. The first-order valence-electron chi connectivity index (χ1n) is 15.0. The topological polar surface area (TPSA) is 148 Å². The molecule has 2 aromatic carbocycles. The number of rotatable bonds is 12. The minimum Gasteiger partial charge on any atom is -0.478 e. The maximum Gasteiger partial charge on any atom is 0.408 e. The molecular formula is C34H40N4O7. The van der Waals surface area contributed by atoms with Crippen molar-refractivity contribution in [1.29, 1.82) is 0 Å². The molecule has 2 N–H and O–H groups in total. The zero-order valence-corrected chi connectivity index (χ0v) is 26.5. The lowest BCUT2D eigenvalue weighted by Gasteiger charge is -2.29. The molecule has 0 saturated heterocycles. The minimum absolute atomic E-state index is 0.0484. The molecule has 0 unspecified atom stereocenters. The second-order valence-corrected chi connectivity index (χ2v) is 12.1. The molecule has 0 aliphatic heterocycles. The molecule has 2 aromatic heterocycles. The van der Waals surface area contributed by atoms with Gasteiger partial charge in [0.05, 0.1) is 6.26 Å². The van der Waals surface area contributed by atoms with Crippen LogP contribution in [0.5, 0.6) is 0 Å². The van der Waals surface area contributed by atoms with Gasteiger partial charge in [0.1, 0.15) is 22.5 Å². The molecule has 4 rings (SSSR count). The van der Waals surface area contributed by atoms with Crippen molar-refractivity contribution < 1.29 is 33.1 Å². The molecule has 11 nitrogen and oxygen atoms in total. The number of hydrogen-bond donors (Lipinski definition) is 2. The fraction of sp³-hybridized carbons (Fsp3) is 0.382. The van der Waals surface area contributed by atoms with Crippen LogP contribution in [0.1, 0.15) is 86.6 Å². The first-order chi connectivity index (χ1) is 21.3. The Labute approximate surface area is 262 Å². The van der Waals surface area contributed by atoms with Gasteiger partial charge in [-0.25, -0.2) is 9.59 Å². The lowest BCUT2D eigenvalue weighted by atomic mass is 9.92. The highest BCUT2D eigenvalue weighted by Crippen LogP contribution is 2.33. The first kappa shape index (κ1) is 33.0. The number of ether oxygens (including phenoxy) is 1. The van der Waals surface area contributed by atoms with E-state index in [1.54, 1.807) is 50.8 Å². The molecule has 45 heavy (non-hydrogen) atoms. The molecule has 0 radical (unpaired) electrons. The van der Waals surface area contributed by atoms with Gasteiger partial charge in [0.25, 0.3) is 5.91 Å². The number of benzene rings is 2. The van der Waals surface area contributed by atoms with Gasteiger partial charge in [0.2, 0.25) is 11.8 Å². The van der Waals surface area contributed by atoms with Gasteiger partial charge in [-0.3, -0.25) is 4.79 Å². The van der Waals surface area contributed by atoms with E-state index in [0.29, 0.717) is 36.2 Å². The number of nitrogens with one attached hydrogen (secondary N) is 1. The van der Waals surface area contributed by atoms with Gasteiger partial charge in [-0.1, -0.05) is 44.2 Å². The van der Waals surface area contributed by atoms with Crippen LogP contribution < -0.4 is 5.32 Å². The van der Waals surface area contributed by atoms with Crippen LogP contribution in [0.2, 0.25) is 0 Å². The van der Waals surface area contributed by atoms with Crippen LogP contribution in [0.15, 0.2) is 69.7 Å². The monoisotopic (exact) mass is 616 g/mol. The molecule has 0 saturated carbocycles. The lowest BCUT2D eigenvalue weighted by Crippen LogP contribution is -2.47. The number of aromatic nitrogens is 2. The van der Waals surface area contributed by atoms with Gasteiger partial charge >= 0.3 is 12.1 Å². The SMILES string of the molecule is CCCN(CCC)C(=O)c1cc(-c2nnc([C@](C)(Cc3ccccc3)NC(=O)OC(C)(C)C)o2)cc(-c2occc2C(=O)O)c1. The molecule has 0 spiro atoms. The van der Waals surface area contributed by atoms with Gasteiger partial charge < -0.3 is 28.9 Å². The van der Waals surface area contributed by atoms with Crippen LogP contribution in [0, 0.1) is 0 Å². The first-order valence-corrected chi connectivity index (χ1v) is 15.0. The Bertz CT molecular complexity index is 1630. The van der Waals surface area contributed by atoms with Crippen LogP contribution in [0.25, 0.3) is 22.8 Å². The van der Waals surface area contributed by atoms with Gasteiger partial charge in [0.15, 0.2) is 0 Å². The van der Waals surface area contributed by atoms with Gasteiger partial charge in [-0.05, 0) is 70.4 Å². The molecule has 0 aliphatic rings. The van der Waals surface area contributed by atoms with E-state index in [1.807, 2.05) is 44.2 Å².